The number of alkyl carbamates (subject to hydrolysis) is 1. The van der Waals surface area contributed by atoms with E-state index in [0.717, 1.165) is 0 Å². The number of benzene rings is 1. The summed E-state index contributed by atoms with van der Waals surface area (Å²) in [5, 5.41) is 11.8. The fraction of sp³-hybridized carbons (Fsp3) is 0.500. The predicted molar refractivity (Wildman–Crippen MR) is 85.8 cm³/mol. The lowest BCUT2D eigenvalue weighted by Gasteiger charge is -2.23. The van der Waals surface area contributed by atoms with Gasteiger partial charge in [-0.15, -0.1) is 0 Å². The van der Waals surface area contributed by atoms with E-state index < -0.39 is 23.7 Å². The lowest BCUT2D eigenvalue weighted by molar-refractivity contribution is -0.139. The van der Waals surface area contributed by atoms with Crippen molar-refractivity contribution in [3.8, 4) is 17.2 Å². The predicted octanol–water partition coefficient (Wildman–Crippen LogP) is 2.36. The first kappa shape index (κ1) is 19.4. The number of carboxylic acid groups (broad SMARTS) is 1. The summed E-state index contributed by atoms with van der Waals surface area (Å²) in [5.41, 5.74) is -0.553. The molecular formula is C16H23NO7. The van der Waals surface area contributed by atoms with Crippen LogP contribution in [0.25, 0.3) is 0 Å². The van der Waals surface area contributed by atoms with Crippen molar-refractivity contribution in [2.75, 3.05) is 21.3 Å². The highest BCUT2D eigenvalue weighted by molar-refractivity contribution is 5.82. The van der Waals surface area contributed by atoms with Gasteiger partial charge < -0.3 is 29.4 Å². The second-order valence-corrected chi connectivity index (χ2v) is 5.87. The summed E-state index contributed by atoms with van der Waals surface area (Å²) in [6.07, 6.45) is -0.855. The van der Waals surface area contributed by atoms with Crippen LogP contribution in [0.5, 0.6) is 17.2 Å². The topological polar surface area (TPSA) is 103 Å². The van der Waals surface area contributed by atoms with Gasteiger partial charge in [0.15, 0.2) is 17.5 Å². The van der Waals surface area contributed by atoms with Crippen LogP contribution in [0.3, 0.4) is 0 Å². The second-order valence-electron chi connectivity index (χ2n) is 5.87. The minimum absolute atomic E-state index is 0.202. The Hall–Kier alpha value is -2.64. The van der Waals surface area contributed by atoms with Gasteiger partial charge in [-0.3, -0.25) is 0 Å². The molecule has 0 saturated heterocycles. The van der Waals surface area contributed by atoms with E-state index in [2.05, 4.69) is 5.32 Å². The van der Waals surface area contributed by atoms with E-state index in [4.69, 9.17) is 18.9 Å². The van der Waals surface area contributed by atoms with Crippen molar-refractivity contribution in [3.63, 3.8) is 0 Å². The molecule has 0 fully saturated rings. The maximum Gasteiger partial charge on any atom is 0.408 e. The number of carboxylic acids is 1. The van der Waals surface area contributed by atoms with E-state index in [1.165, 1.54) is 33.5 Å². The number of aliphatic carboxylic acids is 1. The molecular weight excluding hydrogens is 318 g/mol. The Balaban J connectivity index is 3.25. The van der Waals surface area contributed by atoms with E-state index in [-0.39, 0.29) is 11.3 Å². The largest absolute Gasteiger partial charge is 0.496 e. The van der Waals surface area contributed by atoms with Crippen LogP contribution in [0.2, 0.25) is 0 Å². The number of nitrogens with one attached hydrogen (secondary N) is 1. The Labute approximate surface area is 140 Å². The molecule has 1 aromatic rings. The van der Waals surface area contributed by atoms with Gasteiger partial charge in [0.05, 0.1) is 21.3 Å². The molecule has 2 N–H and O–H groups in total. The molecule has 1 unspecified atom stereocenters. The van der Waals surface area contributed by atoms with E-state index in [9.17, 15) is 14.7 Å². The third kappa shape index (κ3) is 4.94. The summed E-state index contributed by atoms with van der Waals surface area (Å²) < 4.78 is 20.6. The van der Waals surface area contributed by atoms with Crippen LogP contribution >= 0.6 is 0 Å². The van der Waals surface area contributed by atoms with Gasteiger partial charge in [0, 0.05) is 11.6 Å². The molecule has 8 heteroatoms. The van der Waals surface area contributed by atoms with Gasteiger partial charge in [0.1, 0.15) is 11.4 Å². The summed E-state index contributed by atoms with van der Waals surface area (Å²) in [5.74, 6) is -0.354. The molecule has 24 heavy (non-hydrogen) atoms. The quantitative estimate of drug-likeness (QED) is 0.818. The molecule has 0 aliphatic rings. The van der Waals surface area contributed by atoms with Gasteiger partial charge in [0.2, 0.25) is 0 Å². The van der Waals surface area contributed by atoms with Crippen LogP contribution in [0, 0.1) is 0 Å². The summed E-state index contributed by atoms with van der Waals surface area (Å²) >= 11 is 0. The number of rotatable bonds is 6. The minimum atomic E-state index is -1.38. The van der Waals surface area contributed by atoms with Gasteiger partial charge in [0.25, 0.3) is 0 Å². The standard InChI is InChI=1S/C16H23NO7/c1-16(2,3)24-15(20)17-13(14(18)19)9-7-11(22-5)12(23-6)8-10(9)21-4/h7-8,13H,1-6H3,(H,17,20)(H,18,19). The number of carbonyl (C=O) groups excluding carboxylic acids is 1. The van der Waals surface area contributed by atoms with Crippen LogP contribution in [0.15, 0.2) is 12.1 Å². The number of carbonyl (C=O) groups is 2. The molecule has 0 spiro atoms. The Bertz CT molecular complexity index is 607. The SMILES string of the molecule is COc1cc(OC)c(C(NC(=O)OC(C)(C)C)C(=O)O)cc1OC. The van der Waals surface area contributed by atoms with Crippen molar-refractivity contribution in [2.24, 2.45) is 0 Å². The molecule has 134 valence electrons. The fourth-order valence-electron chi connectivity index (χ4n) is 1.98. The van der Waals surface area contributed by atoms with E-state index in [1.54, 1.807) is 20.8 Å². The molecule has 0 aromatic heterocycles. The first-order valence-electron chi connectivity index (χ1n) is 7.15. The van der Waals surface area contributed by atoms with Crippen LogP contribution < -0.4 is 19.5 Å². The van der Waals surface area contributed by atoms with E-state index >= 15 is 0 Å². The monoisotopic (exact) mass is 341 g/mol. The summed E-state index contributed by atoms with van der Waals surface area (Å²) in [6, 6.07) is 1.55. The van der Waals surface area contributed by atoms with Gasteiger partial charge >= 0.3 is 12.1 Å². The summed E-state index contributed by atoms with van der Waals surface area (Å²) in [7, 11) is 4.26. The Kier molecular flexibility index (Phi) is 6.27. The Morgan fingerprint density at radius 1 is 1.00 bits per heavy atom. The van der Waals surface area contributed by atoms with Crippen molar-refractivity contribution < 1.29 is 33.6 Å². The zero-order valence-corrected chi connectivity index (χ0v) is 14.6. The van der Waals surface area contributed by atoms with Crippen LogP contribution in [0.4, 0.5) is 4.79 Å². The molecule has 0 bridgehead atoms. The van der Waals surface area contributed by atoms with E-state index in [0.29, 0.717) is 11.5 Å². The second kappa shape index (κ2) is 7.76. The maximum atomic E-state index is 11.9. The van der Waals surface area contributed by atoms with E-state index in [1.807, 2.05) is 0 Å². The van der Waals surface area contributed by atoms with Crippen molar-refractivity contribution >= 4 is 12.1 Å². The van der Waals surface area contributed by atoms with Gasteiger partial charge in [-0.2, -0.15) is 0 Å². The number of amides is 1. The molecule has 0 heterocycles. The molecule has 0 radical (unpaired) electrons. The minimum Gasteiger partial charge on any atom is -0.496 e. The smallest absolute Gasteiger partial charge is 0.408 e. The zero-order valence-electron chi connectivity index (χ0n) is 14.6. The van der Waals surface area contributed by atoms with Gasteiger partial charge in [-0.05, 0) is 26.8 Å². The molecule has 1 amide bonds. The molecule has 1 rings (SSSR count). The van der Waals surface area contributed by atoms with Gasteiger partial charge in [-0.1, -0.05) is 0 Å². The van der Waals surface area contributed by atoms with Crippen molar-refractivity contribution in [3.05, 3.63) is 17.7 Å². The fourth-order valence-corrected chi connectivity index (χ4v) is 1.98. The lowest BCUT2D eigenvalue weighted by Crippen LogP contribution is -2.38. The number of ether oxygens (including phenoxy) is 4. The average molecular weight is 341 g/mol. The van der Waals surface area contributed by atoms with Crippen LogP contribution in [0.1, 0.15) is 32.4 Å². The summed E-state index contributed by atoms with van der Waals surface area (Å²) in [6.45, 7) is 5.04. The third-order valence-electron chi connectivity index (χ3n) is 2.95. The first-order chi connectivity index (χ1) is 11.1. The van der Waals surface area contributed by atoms with Gasteiger partial charge in [-0.25, -0.2) is 9.59 Å². The summed E-state index contributed by atoms with van der Waals surface area (Å²) in [4.78, 5) is 23.6. The lowest BCUT2D eigenvalue weighted by atomic mass is 10.0. The molecule has 1 atom stereocenters. The van der Waals surface area contributed by atoms with Crippen LogP contribution in [-0.2, 0) is 9.53 Å². The maximum absolute atomic E-state index is 11.9. The van der Waals surface area contributed by atoms with Crippen molar-refractivity contribution in [1.29, 1.82) is 0 Å². The highest BCUT2D eigenvalue weighted by Gasteiger charge is 2.29. The number of hydrogen-bond donors (Lipinski definition) is 2. The third-order valence-corrected chi connectivity index (χ3v) is 2.95. The Morgan fingerprint density at radius 2 is 1.50 bits per heavy atom. The molecule has 0 saturated carbocycles. The molecule has 1 aromatic carbocycles. The van der Waals surface area contributed by atoms with Crippen molar-refractivity contribution in [2.45, 2.75) is 32.4 Å². The van der Waals surface area contributed by atoms with Crippen LogP contribution in [-0.4, -0.2) is 44.1 Å². The van der Waals surface area contributed by atoms with Crippen molar-refractivity contribution in [1.82, 2.24) is 5.32 Å². The highest BCUT2D eigenvalue weighted by Crippen LogP contribution is 2.37. The average Bonchev–Trinajstić information content (AvgIpc) is 2.49. The zero-order chi connectivity index (χ0) is 18.5. The normalized spacial score (nSPS) is 12.1. The first-order valence-corrected chi connectivity index (χ1v) is 7.15. The molecule has 8 nitrogen and oxygen atoms in total. The number of hydrogen-bond acceptors (Lipinski definition) is 6. The molecule has 0 aliphatic carbocycles. The number of methoxy groups -OCH3 is 3. The highest BCUT2D eigenvalue weighted by atomic mass is 16.6. The molecule has 0 aliphatic heterocycles. The Morgan fingerprint density at radius 3 is 1.92 bits per heavy atom.